The van der Waals surface area contributed by atoms with Crippen molar-refractivity contribution in [1.29, 1.82) is 0 Å². The summed E-state index contributed by atoms with van der Waals surface area (Å²) in [6.45, 7) is -1.31. The van der Waals surface area contributed by atoms with Gasteiger partial charge in [-0.3, -0.25) is 10.6 Å². The van der Waals surface area contributed by atoms with Crippen molar-refractivity contribution in [2.45, 2.75) is 114 Å². The number of methoxy groups -OCH3 is 1. The summed E-state index contributed by atoms with van der Waals surface area (Å²) >= 11 is 0. The van der Waals surface area contributed by atoms with Gasteiger partial charge in [-0.2, -0.15) is 154 Å². The van der Waals surface area contributed by atoms with E-state index in [1.807, 2.05) is 5.32 Å². The quantitative estimate of drug-likeness (QED) is 0.128. The average molecular weight is 1120 g/mol. The standard InChI is InChI=1S/C29H15F35N2O4/c1-8-3-4-9(7-10(8)66-11(67)69-2)65-12(68)70-6-5-13(30,31)14(32,33)15(34,35)16(36,37)17(38,39)18(40,41)19(42,43)20(44,45)21(46,47)22(48,49)23(50,51)24(52,53)25(54,55)26(56,57)27(58,59)28(60,61)29(62,63)64/h3-4,7H,5-6H2,1-2H3,(H,65,68)(H,66,67). The van der Waals surface area contributed by atoms with Gasteiger partial charge in [-0.05, 0) is 24.6 Å². The normalized spacial score (nSPS) is 15.7. The summed E-state index contributed by atoms with van der Waals surface area (Å²) in [4.78, 5) is 23.2. The zero-order valence-electron chi connectivity index (χ0n) is 32.0. The predicted octanol–water partition coefficient (Wildman–Crippen LogP) is 13.8. The second-order valence-electron chi connectivity index (χ2n) is 13.5. The Morgan fingerprint density at radius 3 is 0.943 bits per heavy atom. The summed E-state index contributed by atoms with van der Waals surface area (Å²) in [7, 11) is 0.819. The highest BCUT2D eigenvalue weighted by atomic mass is 19.4. The summed E-state index contributed by atoms with van der Waals surface area (Å²) in [5.74, 6) is -155. The second kappa shape index (κ2) is 17.5. The number of alkyl halides is 35. The van der Waals surface area contributed by atoms with Crippen molar-refractivity contribution in [2.75, 3.05) is 24.4 Å². The zero-order valence-corrected chi connectivity index (χ0v) is 32.0. The molecule has 0 saturated heterocycles. The highest BCUT2D eigenvalue weighted by molar-refractivity contribution is 5.89. The molecule has 0 radical (unpaired) electrons. The first kappa shape index (κ1) is 63.3. The molecule has 0 atom stereocenters. The Bertz CT molecular complexity index is 2080. The summed E-state index contributed by atoms with van der Waals surface area (Å²) in [6.07, 6.45) is -15.3. The van der Waals surface area contributed by atoms with E-state index in [1.165, 1.54) is 12.2 Å². The van der Waals surface area contributed by atoms with Gasteiger partial charge in [0, 0.05) is 11.4 Å². The molecule has 0 heterocycles. The van der Waals surface area contributed by atoms with E-state index < -0.39 is 132 Å². The number of carbonyl (C=O) groups is 2. The molecule has 1 aromatic rings. The minimum Gasteiger partial charge on any atom is -0.453 e. The van der Waals surface area contributed by atoms with Gasteiger partial charge in [0.15, 0.2) is 0 Å². The highest BCUT2D eigenvalue weighted by Gasteiger charge is 3.02. The molecule has 410 valence electrons. The lowest BCUT2D eigenvalue weighted by molar-refractivity contribution is -0.492. The van der Waals surface area contributed by atoms with Gasteiger partial charge in [0.2, 0.25) is 0 Å². The summed E-state index contributed by atoms with van der Waals surface area (Å²) in [5, 5.41) is 3.50. The molecule has 0 aliphatic heterocycles. The van der Waals surface area contributed by atoms with Crippen LogP contribution in [0.3, 0.4) is 0 Å². The van der Waals surface area contributed by atoms with Gasteiger partial charge < -0.3 is 9.47 Å². The topological polar surface area (TPSA) is 76.7 Å². The van der Waals surface area contributed by atoms with E-state index >= 15 is 0 Å². The molecule has 0 bridgehead atoms. The Balaban J connectivity index is 3.76. The fourth-order valence-corrected chi connectivity index (χ4v) is 4.55. The van der Waals surface area contributed by atoms with Crippen molar-refractivity contribution in [3.05, 3.63) is 23.8 Å². The first-order chi connectivity index (χ1) is 30.2. The summed E-state index contributed by atoms with van der Waals surface area (Å²) < 4.78 is 491. The van der Waals surface area contributed by atoms with E-state index in [0.717, 1.165) is 25.3 Å². The van der Waals surface area contributed by atoms with Crippen molar-refractivity contribution >= 4 is 23.6 Å². The number of aryl methyl sites for hydroxylation is 1. The van der Waals surface area contributed by atoms with Gasteiger partial charge in [0.25, 0.3) is 0 Å². The number of hydrogen-bond donors (Lipinski definition) is 2. The Morgan fingerprint density at radius 1 is 0.400 bits per heavy atom. The number of rotatable bonds is 20. The van der Waals surface area contributed by atoms with Crippen molar-refractivity contribution < 1.29 is 173 Å². The molecule has 0 aliphatic carbocycles. The number of hydrogen-bond acceptors (Lipinski definition) is 4. The average Bonchev–Trinajstić information content (AvgIpc) is 3.17. The molecular formula is C29H15F35N2O4. The van der Waals surface area contributed by atoms with Crippen LogP contribution in [0.15, 0.2) is 18.2 Å². The van der Waals surface area contributed by atoms with E-state index in [9.17, 15) is 163 Å². The van der Waals surface area contributed by atoms with Gasteiger partial charge in [0.05, 0.1) is 20.1 Å². The molecule has 0 spiro atoms. The van der Waals surface area contributed by atoms with Crippen molar-refractivity contribution in [2.24, 2.45) is 0 Å². The molecule has 0 unspecified atom stereocenters. The van der Waals surface area contributed by atoms with Crippen LogP contribution in [-0.2, 0) is 9.47 Å². The number of benzene rings is 1. The number of carbonyl (C=O) groups excluding carboxylic acids is 2. The number of halogens is 35. The maximum absolute atomic E-state index is 14.3. The second-order valence-corrected chi connectivity index (χ2v) is 13.5. The van der Waals surface area contributed by atoms with Crippen LogP contribution in [0.2, 0.25) is 0 Å². The Kier molecular flexibility index (Phi) is 15.8. The van der Waals surface area contributed by atoms with Gasteiger partial charge in [-0.25, -0.2) is 9.59 Å². The van der Waals surface area contributed by atoms with Crippen LogP contribution in [0.25, 0.3) is 0 Å². The lowest BCUT2D eigenvalue weighted by Crippen LogP contribution is -2.80. The van der Waals surface area contributed by atoms with Gasteiger partial charge in [-0.15, -0.1) is 0 Å². The van der Waals surface area contributed by atoms with Crippen molar-refractivity contribution in [3.63, 3.8) is 0 Å². The van der Waals surface area contributed by atoms with E-state index in [1.54, 1.807) is 0 Å². The van der Waals surface area contributed by atoms with Crippen LogP contribution < -0.4 is 10.6 Å². The van der Waals surface area contributed by atoms with Gasteiger partial charge >= 0.3 is 113 Å². The molecule has 0 aromatic heterocycles. The van der Waals surface area contributed by atoms with E-state index in [4.69, 9.17) is 0 Å². The van der Waals surface area contributed by atoms with Crippen LogP contribution in [-0.4, -0.2) is 127 Å². The van der Waals surface area contributed by atoms with Crippen molar-refractivity contribution in [3.8, 4) is 0 Å². The molecule has 1 rings (SSSR count). The molecule has 0 aliphatic rings. The zero-order chi connectivity index (χ0) is 56.8. The maximum atomic E-state index is 14.3. The minimum atomic E-state index is -10.4. The Labute approximate surface area is 359 Å². The lowest BCUT2D eigenvalue weighted by Gasteiger charge is -2.47. The maximum Gasteiger partial charge on any atom is 0.460 e. The van der Waals surface area contributed by atoms with Crippen LogP contribution in [0.1, 0.15) is 12.0 Å². The van der Waals surface area contributed by atoms with Crippen LogP contribution in [0.5, 0.6) is 0 Å². The number of anilines is 2. The van der Waals surface area contributed by atoms with Crippen molar-refractivity contribution in [1.82, 2.24) is 0 Å². The number of nitrogens with one attached hydrogen (secondary N) is 2. The molecule has 2 amide bonds. The first-order valence-electron chi connectivity index (χ1n) is 16.2. The third-order valence-electron chi connectivity index (χ3n) is 8.89. The molecule has 6 nitrogen and oxygen atoms in total. The fraction of sp³-hybridized carbons (Fsp3) is 0.724. The predicted molar refractivity (Wildman–Crippen MR) is 152 cm³/mol. The first-order valence-corrected chi connectivity index (χ1v) is 16.2. The molecule has 41 heteroatoms. The monoisotopic (exact) mass is 1120 g/mol. The third kappa shape index (κ3) is 8.57. The summed E-state index contributed by atoms with van der Waals surface area (Å²) in [6, 6.07) is 2.62. The molecule has 0 fully saturated rings. The number of ether oxygens (including phenoxy) is 2. The molecular weight excluding hydrogens is 1110 g/mol. The van der Waals surface area contributed by atoms with Crippen LogP contribution >= 0.6 is 0 Å². The molecule has 2 N–H and O–H groups in total. The van der Waals surface area contributed by atoms with Crippen LogP contribution in [0, 0.1) is 6.92 Å². The van der Waals surface area contributed by atoms with Gasteiger partial charge in [-0.1, -0.05) is 6.07 Å². The van der Waals surface area contributed by atoms with Crippen LogP contribution in [0.4, 0.5) is 175 Å². The number of amides is 2. The SMILES string of the molecule is COC(=O)Nc1cc(NC(=O)OCCC(F)(F)C(F)(F)C(F)(F)C(F)(F)C(F)(F)C(F)(F)C(F)(F)C(F)(F)C(F)(F)C(F)(F)C(F)(F)C(F)(F)C(F)(F)C(F)(F)C(F)(F)C(F)(F)C(F)(F)F)ccc1C. The molecule has 70 heavy (non-hydrogen) atoms. The van der Waals surface area contributed by atoms with Gasteiger partial charge in [0.1, 0.15) is 0 Å². The third-order valence-corrected chi connectivity index (χ3v) is 8.89. The largest absolute Gasteiger partial charge is 0.460 e. The smallest absolute Gasteiger partial charge is 0.453 e. The molecule has 1 aromatic carbocycles. The Morgan fingerprint density at radius 2 is 0.671 bits per heavy atom. The summed E-state index contributed by atoms with van der Waals surface area (Å²) in [5.41, 5.74) is -0.708. The van der Waals surface area contributed by atoms with E-state index in [2.05, 4.69) is 9.47 Å². The molecule has 0 saturated carbocycles. The van der Waals surface area contributed by atoms with E-state index in [0.29, 0.717) is 0 Å². The lowest BCUT2D eigenvalue weighted by atomic mass is 9.82. The highest BCUT2D eigenvalue weighted by Crippen LogP contribution is 2.70. The Hall–Kier alpha value is -4.69. The minimum absolute atomic E-state index is 0.137. The van der Waals surface area contributed by atoms with E-state index in [-0.39, 0.29) is 11.3 Å². The fourth-order valence-electron chi connectivity index (χ4n) is 4.55.